The molecule has 0 unspecified atom stereocenters. The second-order valence-electron chi connectivity index (χ2n) is 8.14. The third-order valence-corrected chi connectivity index (χ3v) is 6.57. The molecule has 2 fully saturated rings. The number of hydrogen-bond acceptors (Lipinski definition) is 4. The van der Waals surface area contributed by atoms with E-state index in [0.717, 1.165) is 49.2 Å². The molecule has 2 aliphatic carbocycles. The Morgan fingerprint density at radius 2 is 2.23 bits per heavy atom. The van der Waals surface area contributed by atoms with Crippen LogP contribution in [-0.2, 0) is 16.0 Å². The van der Waals surface area contributed by atoms with Crippen LogP contribution in [0.5, 0.6) is 0 Å². The molecule has 1 aromatic heterocycles. The van der Waals surface area contributed by atoms with Gasteiger partial charge in [0.05, 0.1) is 18.7 Å². The molecule has 26 heavy (non-hydrogen) atoms. The van der Waals surface area contributed by atoms with Crippen LogP contribution in [0.1, 0.15) is 46.8 Å². The van der Waals surface area contributed by atoms with Gasteiger partial charge in [0.25, 0.3) is 0 Å². The lowest BCUT2D eigenvalue weighted by molar-refractivity contribution is -0.148. The minimum absolute atomic E-state index is 0.0683. The summed E-state index contributed by atoms with van der Waals surface area (Å²) in [5, 5.41) is 1.20. The van der Waals surface area contributed by atoms with E-state index in [1.54, 1.807) is 0 Å². The quantitative estimate of drug-likeness (QED) is 0.679. The van der Waals surface area contributed by atoms with Crippen LogP contribution in [0.15, 0.2) is 18.2 Å². The summed E-state index contributed by atoms with van der Waals surface area (Å²) in [7, 11) is 1.49. The van der Waals surface area contributed by atoms with Gasteiger partial charge in [0.2, 0.25) is 0 Å². The van der Waals surface area contributed by atoms with E-state index in [9.17, 15) is 9.59 Å². The highest BCUT2D eigenvalue weighted by Gasteiger charge is 2.44. The van der Waals surface area contributed by atoms with Crippen LogP contribution < -0.4 is 0 Å². The number of carbonyl (C=O) groups excluding carboxylic acids is 2. The fourth-order valence-electron chi connectivity index (χ4n) is 5.19. The third kappa shape index (κ3) is 2.41. The van der Waals surface area contributed by atoms with E-state index in [4.69, 9.17) is 4.74 Å². The molecule has 0 bridgehead atoms. The maximum Gasteiger partial charge on any atom is 0.309 e. The van der Waals surface area contributed by atoms with E-state index in [2.05, 4.69) is 22.0 Å². The van der Waals surface area contributed by atoms with E-state index >= 15 is 0 Å². The SMILES string of the molecule is COC(=O)[C@@H]1C[C@@H]2c3cccc4[nH]c(C=O)c(c34)C[C@H]2N(CC2CC2)C1. The number of likely N-dealkylation sites (tertiary alicyclic amines) is 1. The van der Waals surface area contributed by atoms with Crippen molar-refractivity contribution in [2.24, 2.45) is 11.8 Å². The summed E-state index contributed by atoms with van der Waals surface area (Å²) in [5.74, 6) is 0.922. The largest absolute Gasteiger partial charge is 0.469 e. The molecule has 136 valence electrons. The van der Waals surface area contributed by atoms with E-state index < -0.39 is 0 Å². The van der Waals surface area contributed by atoms with Gasteiger partial charge in [-0.2, -0.15) is 0 Å². The van der Waals surface area contributed by atoms with Crippen molar-refractivity contribution >= 4 is 23.2 Å². The summed E-state index contributed by atoms with van der Waals surface area (Å²) >= 11 is 0. The Hall–Kier alpha value is -2.14. The van der Waals surface area contributed by atoms with Gasteiger partial charge in [0.1, 0.15) is 0 Å². The second kappa shape index (κ2) is 5.95. The van der Waals surface area contributed by atoms with E-state index in [0.29, 0.717) is 17.7 Å². The first kappa shape index (κ1) is 16.1. The van der Waals surface area contributed by atoms with E-state index in [-0.39, 0.29) is 11.9 Å². The molecule has 1 saturated heterocycles. The molecule has 1 N–H and O–H groups in total. The number of benzene rings is 1. The maximum atomic E-state index is 12.3. The number of carbonyl (C=O) groups is 2. The molecule has 1 aliphatic heterocycles. The van der Waals surface area contributed by atoms with Gasteiger partial charge in [-0.1, -0.05) is 12.1 Å². The fourth-order valence-corrected chi connectivity index (χ4v) is 5.19. The Morgan fingerprint density at radius 1 is 1.38 bits per heavy atom. The van der Waals surface area contributed by atoms with Crippen LogP contribution in [0.2, 0.25) is 0 Å². The number of aromatic nitrogens is 1. The van der Waals surface area contributed by atoms with Crippen LogP contribution in [0.25, 0.3) is 10.9 Å². The molecule has 0 amide bonds. The predicted octanol–water partition coefficient (Wildman–Crippen LogP) is 2.89. The number of rotatable bonds is 4. The van der Waals surface area contributed by atoms with Gasteiger partial charge in [-0.25, -0.2) is 0 Å². The number of fused-ring (bicyclic) bond motifs is 2. The first-order valence-corrected chi connectivity index (χ1v) is 9.60. The smallest absolute Gasteiger partial charge is 0.309 e. The Labute approximate surface area is 152 Å². The van der Waals surface area contributed by atoms with Crippen LogP contribution in [0.3, 0.4) is 0 Å². The highest BCUT2D eigenvalue weighted by molar-refractivity contribution is 5.95. The minimum Gasteiger partial charge on any atom is -0.469 e. The summed E-state index contributed by atoms with van der Waals surface area (Å²) in [6.45, 7) is 1.83. The zero-order chi connectivity index (χ0) is 17.8. The number of H-pyrrole nitrogens is 1. The number of ether oxygens (including phenoxy) is 1. The van der Waals surface area contributed by atoms with Gasteiger partial charge in [0, 0.05) is 36.0 Å². The highest BCUT2D eigenvalue weighted by atomic mass is 16.5. The molecule has 0 radical (unpaired) electrons. The van der Waals surface area contributed by atoms with Crippen molar-refractivity contribution in [2.75, 3.05) is 20.2 Å². The highest BCUT2D eigenvalue weighted by Crippen LogP contribution is 2.46. The molecule has 1 aromatic carbocycles. The summed E-state index contributed by atoms with van der Waals surface area (Å²) in [4.78, 5) is 29.7. The molecule has 2 heterocycles. The minimum atomic E-state index is -0.0927. The number of piperidine rings is 1. The standard InChI is InChI=1S/C21H24N2O3/c1-26-21(25)13-7-15-14-3-2-4-17-20(14)16(18(11-24)22-17)8-19(15)23(10-13)9-12-5-6-12/h2-4,11-13,15,19,22H,5-10H2,1H3/t13-,15-,19-/m1/s1. The molecule has 3 aliphatic rings. The molecule has 5 nitrogen and oxygen atoms in total. The molecule has 5 rings (SSSR count). The van der Waals surface area contributed by atoms with Gasteiger partial charge >= 0.3 is 5.97 Å². The molecular weight excluding hydrogens is 328 g/mol. The summed E-state index contributed by atoms with van der Waals surface area (Å²) in [6, 6.07) is 6.64. The zero-order valence-corrected chi connectivity index (χ0v) is 15.0. The number of hydrogen-bond donors (Lipinski definition) is 1. The van der Waals surface area contributed by atoms with Crippen molar-refractivity contribution < 1.29 is 14.3 Å². The number of esters is 1. The van der Waals surface area contributed by atoms with Crippen molar-refractivity contribution in [3.8, 4) is 0 Å². The lowest BCUT2D eigenvalue weighted by atomic mass is 9.72. The van der Waals surface area contributed by atoms with Crippen molar-refractivity contribution in [1.82, 2.24) is 9.88 Å². The van der Waals surface area contributed by atoms with Gasteiger partial charge in [-0.05, 0) is 48.8 Å². The van der Waals surface area contributed by atoms with Gasteiger partial charge in [0.15, 0.2) is 6.29 Å². The Bertz CT molecular complexity index is 883. The monoisotopic (exact) mass is 352 g/mol. The first-order chi connectivity index (χ1) is 12.7. The number of aldehydes is 1. The van der Waals surface area contributed by atoms with E-state index in [1.165, 1.54) is 30.9 Å². The molecule has 3 atom stereocenters. The molecule has 5 heteroatoms. The number of nitrogens with one attached hydrogen (secondary N) is 1. The van der Waals surface area contributed by atoms with Gasteiger partial charge < -0.3 is 9.72 Å². The number of aromatic amines is 1. The van der Waals surface area contributed by atoms with Crippen LogP contribution in [0.4, 0.5) is 0 Å². The lowest BCUT2D eigenvalue weighted by Gasteiger charge is -2.46. The van der Waals surface area contributed by atoms with E-state index in [1.807, 2.05) is 6.07 Å². The van der Waals surface area contributed by atoms with Crippen molar-refractivity contribution in [3.63, 3.8) is 0 Å². The maximum absolute atomic E-state index is 12.3. The van der Waals surface area contributed by atoms with Crippen molar-refractivity contribution in [1.29, 1.82) is 0 Å². The summed E-state index contributed by atoms with van der Waals surface area (Å²) in [5.41, 5.74) is 4.19. The zero-order valence-electron chi connectivity index (χ0n) is 15.0. The number of nitrogens with zero attached hydrogens (tertiary/aromatic N) is 1. The number of methoxy groups -OCH3 is 1. The average Bonchev–Trinajstić information content (AvgIpc) is 3.41. The van der Waals surface area contributed by atoms with Gasteiger partial charge in [-0.3, -0.25) is 14.5 Å². The van der Waals surface area contributed by atoms with Crippen LogP contribution in [-0.4, -0.2) is 48.4 Å². The topological polar surface area (TPSA) is 62.4 Å². The molecule has 0 spiro atoms. The Balaban J connectivity index is 1.60. The predicted molar refractivity (Wildman–Crippen MR) is 98.3 cm³/mol. The molecule has 1 saturated carbocycles. The normalized spacial score (nSPS) is 28.0. The van der Waals surface area contributed by atoms with Crippen molar-refractivity contribution in [2.45, 2.75) is 37.6 Å². The first-order valence-electron chi connectivity index (χ1n) is 9.60. The fraction of sp³-hybridized carbons (Fsp3) is 0.524. The molecular formula is C21H24N2O3. The third-order valence-electron chi connectivity index (χ3n) is 6.57. The van der Waals surface area contributed by atoms with Crippen LogP contribution in [0, 0.1) is 11.8 Å². The lowest BCUT2D eigenvalue weighted by Crippen LogP contribution is -2.52. The second-order valence-corrected chi connectivity index (χ2v) is 8.14. The summed E-state index contributed by atoms with van der Waals surface area (Å²) in [6.07, 6.45) is 5.25. The van der Waals surface area contributed by atoms with Crippen molar-refractivity contribution in [3.05, 3.63) is 35.0 Å². The van der Waals surface area contributed by atoms with Crippen LogP contribution >= 0.6 is 0 Å². The molecule has 2 aromatic rings. The Kier molecular flexibility index (Phi) is 3.67. The average molecular weight is 352 g/mol. The summed E-state index contributed by atoms with van der Waals surface area (Å²) < 4.78 is 5.08. The Morgan fingerprint density at radius 3 is 2.96 bits per heavy atom. The van der Waals surface area contributed by atoms with Gasteiger partial charge in [-0.15, -0.1) is 0 Å².